The highest BCUT2D eigenvalue weighted by Crippen LogP contribution is 2.36. The molecule has 0 unspecified atom stereocenters. The molecule has 92 valence electrons. The number of carbonyl (C=O) groups excluding carboxylic acids is 1. The molecule has 1 aromatic heterocycles. The van der Waals surface area contributed by atoms with Crippen molar-refractivity contribution in [1.82, 2.24) is 4.98 Å². The first-order valence-electron chi connectivity index (χ1n) is 5.46. The third kappa shape index (κ3) is 2.82. The van der Waals surface area contributed by atoms with Crippen LogP contribution in [0, 0.1) is 0 Å². The molecule has 1 aliphatic carbocycles. The Hall–Kier alpha value is -1.43. The van der Waals surface area contributed by atoms with Crippen LogP contribution in [0.3, 0.4) is 0 Å². The fourth-order valence-corrected chi connectivity index (χ4v) is 3.03. The summed E-state index contributed by atoms with van der Waals surface area (Å²) in [7, 11) is 0. The zero-order valence-electron chi connectivity index (χ0n) is 9.19. The molecule has 0 aliphatic heterocycles. The van der Waals surface area contributed by atoms with Gasteiger partial charge in [-0.25, -0.2) is 14.7 Å². The van der Waals surface area contributed by atoms with Gasteiger partial charge in [0.15, 0.2) is 0 Å². The van der Waals surface area contributed by atoms with Crippen LogP contribution < -0.4 is 5.73 Å². The van der Waals surface area contributed by atoms with E-state index in [0.717, 1.165) is 9.88 Å². The second kappa shape index (κ2) is 5.27. The summed E-state index contributed by atoms with van der Waals surface area (Å²) in [4.78, 5) is 18.9. The van der Waals surface area contributed by atoms with E-state index in [0.29, 0.717) is 5.92 Å². The topological polar surface area (TPSA) is 65.2 Å². The summed E-state index contributed by atoms with van der Waals surface area (Å²) in [6, 6.07) is 0. The summed E-state index contributed by atoms with van der Waals surface area (Å²) in [6.45, 7) is 0. The van der Waals surface area contributed by atoms with Crippen LogP contribution in [0.2, 0.25) is 0 Å². The Labute approximate surface area is 102 Å². The van der Waals surface area contributed by atoms with E-state index >= 15 is 0 Å². The molecule has 1 fully saturated rings. The molecule has 1 heterocycles. The van der Waals surface area contributed by atoms with E-state index in [2.05, 4.69) is 9.93 Å². The van der Waals surface area contributed by atoms with Gasteiger partial charge in [-0.1, -0.05) is 12.8 Å². The zero-order valence-corrected chi connectivity index (χ0v) is 10.0. The van der Waals surface area contributed by atoms with Gasteiger partial charge in [0.25, 0.3) is 0 Å². The Morgan fingerprint density at radius 3 is 2.94 bits per heavy atom. The summed E-state index contributed by atoms with van der Waals surface area (Å²) in [5, 5.41) is 1.06. The van der Waals surface area contributed by atoms with Crippen LogP contribution in [0.1, 0.15) is 41.5 Å². The van der Waals surface area contributed by atoms with Crippen molar-refractivity contribution in [1.29, 1.82) is 0 Å². The lowest BCUT2D eigenvalue weighted by Gasteiger charge is -2.01. The normalized spacial score (nSPS) is 17.4. The van der Waals surface area contributed by atoms with E-state index in [9.17, 15) is 9.32 Å². The third-order valence-electron chi connectivity index (χ3n) is 2.85. The Kier molecular flexibility index (Phi) is 3.73. The van der Waals surface area contributed by atoms with Crippen molar-refractivity contribution in [2.24, 2.45) is 5.73 Å². The standard InChI is InChI=1S/C11H13FN2O2S/c12-16-11(15)9(13)5-8-6-14-10(17-8)7-3-1-2-4-7/h5-7H,1-4,13H2/b9-5-. The van der Waals surface area contributed by atoms with E-state index in [-0.39, 0.29) is 5.70 Å². The molecule has 17 heavy (non-hydrogen) atoms. The van der Waals surface area contributed by atoms with Crippen LogP contribution in [-0.4, -0.2) is 11.0 Å². The van der Waals surface area contributed by atoms with Gasteiger partial charge in [0, 0.05) is 21.5 Å². The largest absolute Gasteiger partial charge is 0.395 e. The molecule has 2 rings (SSSR count). The van der Waals surface area contributed by atoms with Crippen molar-refractivity contribution in [3.05, 3.63) is 21.8 Å². The number of aromatic nitrogens is 1. The van der Waals surface area contributed by atoms with Crippen LogP contribution in [-0.2, 0) is 9.74 Å². The highest BCUT2D eigenvalue weighted by Gasteiger charge is 2.20. The third-order valence-corrected chi connectivity index (χ3v) is 3.96. The van der Waals surface area contributed by atoms with E-state index in [1.807, 2.05) is 0 Å². The Bertz CT molecular complexity index is 438. The molecule has 2 N–H and O–H groups in total. The van der Waals surface area contributed by atoms with Crippen molar-refractivity contribution >= 4 is 23.4 Å². The number of rotatable bonds is 3. The van der Waals surface area contributed by atoms with Gasteiger partial charge in [-0.2, -0.15) is 0 Å². The molecule has 0 spiro atoms. The van der Waals surface area contributed by atoms with Crippen LogP contribution in [0.25, 0.3) is 6.08 Å². The van der Waals surface area contributed by atoms with E-state index < -0.39 is 5.97 Å². The van der Waals surface area contributed by atoms with Gasteiger partial charge in [-0.15, -0.1) is 11.3 Å². The average molecular weight is 256 g/mol. The summed E-state index contributed by atoms with van der Waals surface area (Å²) in [6.07, 6.45) is 7.85. The molecule has 6 heteroatoms. The number of carbonyl (C=O) groups is 1. The predicted molar refractivity (Wildman–Crippen MR) is 62.7 cm³/mol. The van der Waals surface area contributed by atoms with Crippen molar-refractivity contribution in [3.8, 4) is 0 Å². The van der Waals surface area contributed by atoms with Crippen molar-refractivity contribution < 1.29 is 14.3 Å². The highest BCUT2D eigenvalue weighted by atomic mass is 32.1. The molecular weight excluding hydrogens is 243 g/mol. The fourth-order valence-electron chi connectivity index (χ4n) is 1.99. The lowest BCUT2D eigenvalue weighted by molar-refractivity contribution is -0.178. The van der Waals surface area contributed by atoms with Gasteiger partial charge in [0.2, 0.25) is 0 Å². The molecule has 1 saturated carbocycles. The predicted octanol–water partition coefficient (Wildman–Crippen LogP) is 2.53. The second-order valence-corrected chi connectivity index (χ2v) is 5.14. The summed E-state index contributed by atoms with van der Waals surface area (Å²) < 4.78 is 11.6. The van der Waals surface area contributed by atoms with Gasteiger partial charge < -0.3 is 5.73 Å². The minimum absolute atomic E-state index is 0.255. The molecule has 0 bridgehead atoms. The lowest BCUT2D eigenvalue weighted by Crippen LogP contribution is -2.10. The first-order valence-corrected chi connectivity index (χ1v) is 6.28. The molecule has 1 aromatic rings. The second-order valence-electron chi connectivity index (χ2n) is 4.05. The maximum Gasteiger partial charge on any atom is 0.395 e. The molecule has 1 aliphatic rings. The molecule has 0 saturated heterocycles. The molecule has 0 amide bonds. The minimum Gasteiger partial charge on any atom is -0.393 e. The summed E-state index contributed by atoms with van der Waals surface area (Å²) in [5.74, 6) is -0.641. The van der Waals surface area contributed by atoms with Gasteiger partial charge >= 0.3 is 5.97 Å². The quantitative estimate of drug-likeness (QED) is 0.844. The van der Waals surface area contributed by atoms with Crippen molar-refractivity contribution in [3.63, 3.8) is 0 Å². The number of nitrogens with zero attached hydrogens (tertiary/aromatic N) is 1. The molecule has 4 nitrogen and oxygen atoms in total. The van der Waals surface area contributed by atoms with Gasteiger partial charge in [-0.05, 0) is 18.9 Å². The molecule has 0 radical (unpaired) electrons. The van der Waals surface area contributed by atoms with Gasteiger partial charge in [-0.3, -0.25) is 0 Å². The molecule has 0 atom stereocenters. The van der Waals surface area contributed by atoms with Crippen LogP contribution in [0.4, 0.5) is 4.53 Å². The van der Waals surface area contributed by atoms with Gasteiger partial charge in [0.1, 0.15) is 5.70 Å². The number of hydrogen-bond donors (Lipinski definition) is 1. The zero-order chi connectivity index (χ0) is 12.3. The summed E-state index contributed by atoms with van der Waals surface area (Å²) in [5.41, 5.74) is 5.09. The number of thiazole rings is 1. The first kappa shape index (κ1) is 12.0. The SMILES string of the molecule is N/C(=C\c1cnc(C2CCCC2)s1)C(=O)OF. The van der Waals surface area contributed by atoms with Crippen LogP contribution in [0.5, 0.6) is 0 Å². The Morgan fingerprint density at radius 1 is 1.59 bits per heavy atom. The molecular formula is C11H13FN2O2S. The lowest BCUT2D eigenvalue weighted by atomic mass is 10.1. The molecule has 0 aromatic carbocycles. The van der Waals surface area contributed by atoms with Crippen LogP contribution >= 0.6 is 11.3 Å². The maximum atomic E-state index is 11.6. The smallest absolute Gasteiger partial charge is 0.393 e. The Morgan fingerprint density at radius 2 is 2.29 bits per heavy atom. The average Bonchev–Trinajstić information content (AvgIpc) is 2.97. The summed E-state index contributed by atoms with van der Waals surface area (Å²) >= 11 is 1.49. The maximum absolute atomic E-state index is 11.6. The van der Waals surface area contributed by atoms with Crippen molar-refractivity contribution in [2.75, 3.05) is 0 Å². The van der Waals surface area contributed by atoms with Crippen LogP contribution in [0.15, 0.2) is 11.9 Å². The highest BCUT2D eigenvalue weighted by molar-refractivity contribution is 7.12. The van der Waals surface area contributed by atoms with E-state index in [1.165, 1.54) is 43.1 Å². The van der Waals surface area contributed by atoms with Crippen molar-refractivity contribution in [2.45, 2.75) is 31.6 Å². The number of hydrogen-bond acceptors (Lipinski definition) is 5. The van der Waals surface area contributed by atoms with E-state index in [4.69, 9.17) is 5.73 Å². The monoisotopic (exact) mass is 256 g/mol. The Balaban J connectivity index is 2.10. The minimum atomic E-state index is -1.17. The number of halogens is 1. The fraction of sp³-hybridized carbons (Fsp3) is 0.455. The number of nitrogens with two attached hydrogens (primary N) is 1. The van der Waals surface area contributed by atoms with E-state index in [1.54, 1.807) is 6.20 Å². The van der Waals surface area contributed by atoms with Gasteiger partial charge in [0.05, 0.1) is 5.01 Å². The first-order chi connectivity index (χ1) is 8.20.